The van der Waals surface area contributed by atoms with Gasteiger partial charge in [0, 0.05) is 5.56 Å². The molecule has 150 valence electrons. The molecule has 0 spiro atoms. The van der Waals surface area contributed by atoms with Gasteiger partial charge in [-0.3, -0.25) is 4.79 Å². The molecule has 1 fully saturated rings. The van der Waals surface area contributed by atoms with Gasteiger partial charge in [-0.2, -0.15) is 13.2 Å². The van der Waals surface area contributed by atoms with Crippen LogP contribution in [0.2, 0.25) is 0 Å². The van der Waals surface area contributed by atoms with Crippen molar-refractivity contribution in [2.24, 2.45) is 17.3 Å². The van der Waals surface area contributed by atoms with Gasteiger partial charge in [0.1, 0.15) is 11.6 Å². The minimum atomic E-state index is -4.78. The number of hydrogen-bond donors (Lipinski definition) is 0. The van der Waals surface area contributed by atoms with Crippen LogP contribution in [0.3, 0.4) is 0 Å². The number of carbonyl (C=O) groups is 1. The standard InChI is InChI=1S/C17H14ClF7O2/c1-6-11(19)13(21)7(14(22)12(6)20)5-27-15(26)10-8(16(10,2)3)4-9(18)17(23,24)25/h4,8,10H,5H2,1-3H3/t8-,10-/m0/s1. The molecule has 2 nitrogen and oxygen atoms in total. The first-order valence-corrected chi connectivity index (χ1v) is 8.01. The van der Waals surface area contributed by atoms with Crippen molar-refractivity contribution in [2.45, 2.75) is 33.6 Å². The second kappa shape index (κ2) is 7.00. The van der Waals surface area contributed by atoms with Crippen LogP contribution < -0.4 is 0 Å². The summed E-state index contributed by atoms with van der Waals surface area (Å²) >= 11 is 5.15. The third-order valence-electron chi connectivity index (χ3n) is 4.69. The maximum absolute atomic E-state index is 13.8. The van der Waals surface area contributed by atoms with Crippen LogP contribution in [0.1, 0.15) is 25.0 Å². The van der Waals surface area contributed by atoms with E-state index >= 15 is 0 Å². The Morgan fingerprint density at radius 2 is 1.59 bits per heavy atom. The van der Waals surface area contributed by atoms with E-state index in [9.17, 15) is 35.5 Å². The molecule has 0 aliphatic heterocycles. The molecule has 10 heteroatoms. The van der Waals surface area contributed by atoms with Crippen LogP contribution in [0.15, 0.2) is 11.1 Å². The van der Waals surface area contributed by atoms with E-state index in [1.165, 1.54) is 13.8 Å². The largest absolute Gasteiger partial charge is 0.460 e. The molecule has 0 radical (unpaired) electrons. The maximum atomic E-state index is 13.8. The number of benzene rings is 1. The predicted octanol–water partition coefficient (Wildman–Crippen LogP) is 5.55. The zero-order valence-electron chi connectivity index (χ0n) is 14.3. The number of esters is 1. The van der Waals surface area contributed by atoms with E-state index in [1.807, 2.05) is 0 Å². The van der Waals surface area contributed by atoms with Crippen LogP contribution in [0, 0.1) is 47.4 Å². The molecule has 0 heterocycles. The molecule has 1 aromatic carbocycles. The average Bonchev–Trinajstić information content (AvgIpc) is 3.10. The number of hydrogen-bond acceptors (Lipinski definition) is 2. The van der Waals surface area contributed by atoms with Crippen molar-refractivity contribution in [3.05, 3.63) is 45.5 Å². The van der Waals surface area contributed by atoms with E-state index in [2.05, 4.69) is 0 Å². The number of alkyl halides is 3. The van der Waals surface area contributed by atoms with Gasteiger partial charge in [-0.05, 0) is 18.3 Å². The normalized spacial score (nSPS) is 22.0. The first-order chi connectivity index (χ1) is 12.2. The first kappa shape index (κ1) is 21.5. The fourth-order valence-electron chi connectivity index (χ4n) is 2.84. The van der Waals surface area contributed by atoms with Gasteiger partial charge in [0.15, 0.2) is 23.3 Å². The van der Waals surface area contributed by atoms with Crippen molar-refractivity contribution in [2.75, 3.05) is 0 Å². The summed E-state index contributed by atoms with van der Waals surface area (Å²) in [7, 11) is 0. The fraction of sp³-hybridized carbons (Fsp3) is 0.471. The Hall–Kier alpha value is -1.77. The Balaban J connectivity index is 2.16. The summed E-state index contributed by atoms with van der Waals surface area (Å²) in [6.45, 7) is 2.68. The van der Waals surface area contributed by atoms with E-state index in [-0.39, 0.29) is 0 Å². The zero-order valence-corrected chi connectivity index (χ0v) is 15.0. The molecule has 0 saturated heterocycles. The molecule has 0 aromatic heterocycles. The Morgan fingerprint density at radius 3 is 2.04 bits per heavy atom. The third kappa shape index (κ3) is 3.93. The lowest BCUT2D eigenvalue weighted by atomic mass is 10.1. The highest BCUT2D eigenvalue weighted by atomic mass is 35.5. The molecule has 1 aromatic rings. The third-order valence-corrected chi connectivity index (χ3v) is 5.03. The van der Waals surface area contributed by atoms with Crippen LogP contribution in [-0.4, -0.2) is 12.1 Å². The molecule has 0 bridgehead atoms. The van der Waals surface area contributed by atoms with Crippen molar-refractivity contribution >= 4 is 17.6 Å². The average molecular weight is 419 g/mol. The Kier molecular flexibility index (Phi) is 5.58. The fourth-order valence-corrected chi connectivity index (χ4v) is 2.97. The Morgan fingerprint density at radius 1 is 1.11 bits per heavy atom. The Bertz CT molecular complexity index is 785. The highest BCUT2D eigenvalue weighted by molar-refractivity contribution is 6.30. The van der Waals surface area contributed by atoms with Gasteiger partial charge in [-0.15, -0.1) is 0 Å². The molecule has 1 aliphatic carbocycles. The molecular formula is C17H14ClF7O2. The number of rotatable bonds is 4. The van der Waals surface area contributed by atoms with Gasteiger partial charge in [0.25, 0.3) is 0 Å². The maximum Gasteiger partial charge on any atom is 0.426 e. The van der Waals surface area contributed by atoms with Gasteiger partial charge in [0.05, 0.1) is 11.5 Å². The number of ether oxygens (including phenoxy) is 1. The van der Waals surface area contributed by atoms with Crippen LogP contribution in [0.5, 0.6) is 0 Å². The summed E-state index contributed by atoms with van der Waals surface area (Å²) in [6.07, 6.45) is -4.11. The van der Waals surface area contributed by atoms with E-state index in [4.69, 9.17) is 16.3 Å². The van der Waals surface area contributed by atoms with Crippen molar-refractivity contribution in [1.82, 2.24) is 0 Å². The smallest absolute Gasteiger partial charge is 0.426 e. The minimum absolute atomic E-state index is 0.667. The molecule has 0 N–H and O–H groups in total. The second-order valence-corrected chi connectivity index (χ2v) is 7.21. The first-order valence-electron chi connectivity index (χ1n) is 7.63. The number of allylic oxidation sites excluding steroid dienone is 2. The van der Waals surface area contributed by atoms with E-state index < -0.39 is 75.4 Å². The SMILES string of the molecule is Cc1c(F)c(F)c(COC(=O)[C@@H]2[C@H](C=C(Cl)C(F)(F)F)C2(C)C)c(F)c1F. The lowest BCUT2D eigenvalue weighted by molar-refractivity contribution is -0.147. The van der Waals surface area contributed by atoms with Gasteiger partial charge in [-0.1, -0.05) is 31.5 Å². The molecule has 27 heavy (non-hydrogen) atoms. The van der Waals surface area contributed by atoms with Crippen LogP contribution >= 0.6 is 11.6 Å². The predicted molar refractivity (Wildman–Crippen MR) is 81.6 cm³/mol. The Labute approximate surface area is 154 Å². The lowest BCUT2D eigenvalue weighted by Gasteiger charge is -2.10. The summed E-state index contributed by atoms with van der Waals surface area (Å²) in [5, 5.41) is -1.41. The lowest BCUT2D eigenvalue weighted by Crippen LogP contribution is -2.14. The molecule has 2 atom stereocenters. The van der Waals surface area contributed by atoms with Gasteiger partial charge >= 0.3 is 12.1 Å². The summed E-state index contributed by atoms with van der Waals surface area (Å²) in [4.78, 5) is 12.1. The van der Waals surface area contributed by atoms with Crippen molar-refractivity contribution in [1.29, 1.82) is 0 Å². The van der Waals surface area contributed by atoms with Gasteiger partial charge in [0.2, 0.25) is 0 Å². The second-order valence-electron chi connectivity index (χ2n) is 6.80. The summed E-state index contributed by atoms with van der Waals surface area (Å²) in [5.41, 5.74) is -2.93. The topological polar surface area (TPSA) is 26.3 Å². The van der Waals surface area contributed by atoms with Crippen LogP contribution in [0.25, 0.3) is 0 Å². The highest BCUT2D eigenvalue weighted by Gasteiger charge is 2.62. The molecular weight excluding hydrogens is 405 g/mol. The molecule has 0 unspecified atom stereocenters. The molecule has 1 saturated carbocycles. The summed E-state index contributed by atoms with van der Waals surface area (Å²) in [6, 6.07) is 0. The van der Waals surface area contributed by atoms with E-state index in [0.29, 0.717) is 6.08 Å². The summed E-state index contributed by atoms with van der Waals surface area (Å²) < 4.78 is 96.8. The monoisotopic (exact) mass is 418 g/mol. The zero-order chi connectivity index (χ0) is 20.9. The van der Waals surface area contributed by atoms with E-state index in [0.717, 1.165) is 6.92 Å². The van der Waals surface area contributed by atoms with E-state index in [1.54, 1.807) is 0 Å². The van der Waals surface area contributed by atoms with Crippen molar-refractivity contribution in [3.8, 4) is 0 Å². The van der Waals surface area contributed by atoms with Crippen LogP contribution in [0.4, 0.5) is 30.7 Å². The summed E-state index contributed by atoms with van der Waals surface area (Å²) in [5.74, 6) is -9.68. The van der Waals surface area contributed by atoms with Gasteiger partial charge in [-0.25, -0.2) is 17.6 Å². The van der Waals surface area contributed by atoms with Crippen LogP contribution in [-0.2, 0) is 16.1 Å². The van der Waals surface area contributed by atoms with Crippen molar-refractivity contribution < 1.29 is 40.3 Å². The van der Waals surface area contributed by atoms with Crippen molar-refractivity contribution in [3.63, 3.8) is 0 Å². The molecule has 1 aliphatic rings. The number of carbonyl (C=O) groups excluding carboxylic acids is 1. The van der Waals surface area contributed by atoms with Gasteiger partial charge < -0.3 is 4.74 Å². The highest BCUT2D eigenvalue weighted by Crippen LogP contribution is 2.60. The minimum Gasteiger partial charge on any atom is -0.460 e. The molecule has 2 rings (SSSR count). The molecule has 0 amide bonds. The number of halogens is 8. The quantitative estimate of drug-likeness (QED) is 0.364.